The molecule has 0 saturated carbocycles. The minimum Gasteiger partial charge on any atom is -0.394 e. The molecule has 0 aromatic heterocycles. The fourth-order valence-electron chi connectivity index (χ4n) is 0.964. The quantitative estimate of drug-likeness (QED) is 0.617. The van der Waals surface area contributed by atoms with Gasteiger partial charge in [0.25, 0.3) is 0 Å². The van der Waals surface area contributed by atoms with Crippen LogP contribution in [0.5, 0.6) is 5.75 Å². The summed E-state index contributed by atoms with van der Waals surface area (Å²) >= 11 is 0. The van der Waals surface area contributed by atoms with E-state index < -0.39 is 27.1 Å². The summed E-state index contributed by atoms with van der Waals surface area (Å²) in [6.07, 6.45) is -2.63. The largest absolute Gasteiger partial charge is 0.750 e. The van der Waals surface area contributed by atoms with E-state index in [1.165, 1.54) is 0 Å². The molecular weight excluding hydrogens is 247 g/mol. The van der Waals surface area contributed by atoms with Crippen molar-refractivity contribution in [3.63, 3.8) is 0 Å². The topological polar surface area (TPSA) is 96.2 Å². The SMILES string of the molecule is O=[P+](OCC(O)[C@@H](O)CO)Oc1ccccc1. The number of benzene rings is 1. The highest BCUT2D eigenvalue weighted by atomic mass is 31.1. The Balaban J connectivity index is 2.31. The maximum atomic E-state index is 11.3. The summed E-state index contributed by atoms with van der Waals surface area (Å²) in [7, 11) is -2.42. The van der Waals surface area contributed by atoms with Gasteiger partial charge in [-0.1, -0.05) is 18.2 Å². The van der Waals surface area contributed by atoms with Crippen LogP contribution in [-0.4, -0.2) is 40.7 Å². The van der Waals surface area contributed by atoms with E-state index in [0.29, 0.717) is 5.75 Å². The van der Waals surface area contributed by atoms with Gasteiger partial charge in [0, 0.05) is 4.57 Å². The number of aliphatic hydroxyl groups excluding tert-OH is 3. The predicted molar refractivity (Wildman–Crippen MR) is 59.7 cm³/mol. The van der Waals surface area contributed by atoms with Crippen molar-refractivity contribution in [2.24, 2.45) is 0 Å². The van der Waals surface area contributed by atoms with Gasteiger partial charge >= 0.3 is 8.25 Å². The summed E-state index contributed by atoms with van der Waals surface area (Å²) in [6.45, 7) is -0.982. The van der Waals surface area contributed by atoms with E-state index in [1.54, 1.807) is 30.3 Å². The molecule has 17 heavy (non-hydrogen) atoms. The number of rotatable bonds is 7. The zero-order chi connectivity index (χ0) is 12.7. The third-order valence-corrected chi connectivity index (χ3v) is 2.62. The Hall–Kier alpha value is -1.04. The smallest absolute Gasteiger partial charge is 0.394 e. The average Bonchev–Trinajstić information content (AvgIpc) is 2.36. The molecule has 0 aliphatic heterocycles. The molecule has 0 radical (unpaired) electrons. The lowest BCUT2D eigenvalue weighted by molar-refractivity contribution is -0.0340. The van der Waals surface area contributed by atoms with Gasteiger partial charge in [-0.15, -0.1) is 4.52 Å². The van der Waals surface area contributed by atoms with Crippen LogP contribution < -0.4 is 4.52 Å². The molecule has 6 nitrogen and oxygen atoms in total. The van der Waals surface area contributed by atoms with Crippen molar-refractivity contribution in [1.29, 1.82) is 0 Å². The summed E-state index contributed by atoms with van der Waals surface area (Å²) < 4.78 is 20.9. The monoisotopic (exact) mass is 261 g/mol. The second-order valence-electron chi connectivity index (χ2n) is 3.24. The Labute approximate surface area is 99.4 Å². The molecular formula is C10H14O6P+. The zero-order valence-electron chi connectivity index (χ0n) is 8.97. The molecule has 94 valence electrons. The lowest BCUT2D eigenvalue weighted by atomic mass is 10.2. The minimum atomic E-state index is -2.42. The predicted octanol–water partition coefficient (Wildman–Crippen LogP) is 0.453. The van der Waals surface area contributed by atoms with Crippen LogP contribution in [0.25, 0.3) is 0 Å². The first-order chi connectivity index (χ1) is 8.13. The van der Waals surface area contributed by atoms with Gasteiger partial charge in [0.15, 0.2) is 5.75 Å². The summed E-state index contributed by atoms with van der Waals surface area (Å²) in [6, 6.07) is 8.42. The van der Waals surface area contributed by atoms with Crippen molar-refractivity contribution in [3.8, 4) is 5.75 Å². The Morgan fingerprint density at radius 2 is 1.82 bits per heavy atom. The van der Waals surface area contributed by atoms with Crippen LogP contribution in [0, 0.1) is 0 Å². The second-order valence-corrected chi connectivity index (χ2v) is 4.13. The van der Waals surface area contributed by atoms with Crippen LogP contribution in [-0.2, 0) is 9.09 Å². The third-order valence-electron chi connectivity index (χ3n) is 1.91. The van der Waals surface area contributed by atoms with Gasteiger partial charge in [0.2, 0.25) is 0 Å². The van der Waals surface area contributed by atoms with Crippen molar-refractivity contribution in [2.45, 2.75) is 12.2 Å². The van der Waals surface area contributed by atoms with Crippen molar-refractivity contribution in [2.75, 3.05) is 13.2 Å². The zero-order valence-corrected chi connectivity index (χ0v) is 9.86. The molecule has 1 aromatic carbocycles. The maximum absolute atomic E-state index is 11.3. The number of hydrogen-bond donors (Lipinski definition) is 3. The van der Waals surface area contributed by atoms with E-state index in [-0.39, 0.29) is 6.61 Å². The first kappa shape index (κ1) is 14.0. The first-order valence-electron chi connectivity index (χ1n) is 4.93. The first-order valence-corrected chi connectivity index (χ1v) is 6.03. The van der Waals surface area contributed by atoms with Crippen LogP contribution in [0.15, 0.2) is 30.3 Å². The van der Waals surface area contributed by atoms with Crippen LogP contribution in [0.2, 0.25) is 0 Å². The molecule has 0 saturated heterocycles. The highest BCUT2D eigenvalue weighted by molar-refractivity contribution is 7.33. The Morgan fingerprint density at radius 1 is 1.18 bits per heavy atom. The van der Waals surface area contributed by atoms with E-state index in [0.717, 1.165) is 0 Å². The molecule has 3 atom stereocenters. The maximum Gasteiger partial charge on any atom is 0.750 e. The molecule has 3 N–H and O–H groups in total. The number of para-hydroxylation sites is 1. The highest BCUT2D eigenvalue weighted by Gasteiger charge is 2.26. The van der Waals surface area contributed by atoms with Crippen molar-refractivity contribution >= 4 is 8.25 Å². The Bertz CT molecular complexity index is 344. The normalized spacial score (nSPS) is 15.1. The molecule has 2 unspecified atom stereocenters. The van der Waals surface area contributed by atoms with Gasteiger partial charge in [0.05, 0.1) is 6.61 Å². The molecule has 7 heteroatoms. The van der Waals surface area contributed by atoms with Gasteiger partial charge in [-0.25, -0.2) is 4.52 Å². The molecule has 0 bridgehead atoms. The number of hydrogen-bond acceptors (Lipinski definition) is 6. The van der Waals surface area contributed by atoms with Crippen molar-refractivity contribution < 1.29 is 28.9 Å². The lowest BCUT2D eigenvalue weighted by Gasteiger charge is -2.11. The average molecular weight is 261 g/mol. The van der Waals surface area contributed by atoms with Gasteiger partial charge in [0.1, 0.15) is 18.8 Å². The second kappa shape index (κ2) is 7.32. The van der Waals surface area contributed by atoms with E-state index in [1.807, 2.05) is 0 Å². The summed E-state index contributed by atoms with van der Waals surface area (Å²) in [5.41, 5.74) is 0. The molecule has 0 aliphatic rings. The summed E-state index contributed by atoms with van der Waals surface area (Å²) in [4.78, 5) is 0. The van der Waals surface area contributed by atoms with Crippen LogP contribution in [0.3, 0.4) is 0 Å². The molecule has 1 aromatic rings. The highest BCUT2D eigenvalue weighted by Crippen LogP contribution is 2.27. The van der Waals surface area contributed by atoms with E-state index in [2.05, 4.69) is 0 Å². The fourth-order valence-corrected chi connectivity index (χ4v) is 1.58. The standard InChI is InChI=1S/C10H14O6P/c11-6-9(12)10(13)7-15-17(14)16-8-4-2-1-3-5-8/h1-5,9-13H,6-7H2/q+1/t9-,10?/m0/s1. The van der Waals surface area contributed by atoms with Gasteiger partial charge in [-0.2, -0.15) is 0 Å². The van der Waals surface area contributed by atoms with Crippen molar-refractivity contribution in [3.05, 3.63) is 30.3 Å². The van der Waals surface area contributed by atoms with Crippen molar-refractivity contribution in [1.82, 2.24) is 0 Å². The Kier molecular flexibility index (Phi) is 6.04. The Morgan fingerprint density at radius 3 is 2.41 bits per heavy atom. The third kappa shape index (κ3) is 5.21. The summed E-state index contributed by atoms with van der Waals surface area (Å²) in [5.74, 6) is 0.380. The minimum absolute atomic E-state index is 0.380. The van der Waals surface area contributed by atoms with Gasteiger partial charge < -0.3 is 15.3 Å². The molecule has 0 aliphatic carbocycles. The number of aliphatic hydroxyl groups is 3. The lowest BCUT2D eigenvalue weighted by Crippen LogP contribution is -2.32. The van der Waals surface area contributed by atoms with Gasteiger partial charge in [-0.3, -0.25) is 0 Å². The molecule has 0 amide bonds. The van der Waals surface area contributed by atoms with Gasteiger partial charge in [-0.05, 0) is 12.1 Å². The van der Waals surface area contributed by atoms with E-state index >= 15 is 0 Å². The molecule has 0 spiro atoms. The van der Waals surface area contributed by atoms with Crippen LogP contribution in [0.4, 0.5) is 0 Å². The summed E-state index contributed by atoms with van der Waals surface area (Å²) in [5, 5.41) is 26.8. The fraction of sp³-hybridized carbons (Fsp3) is 0.400. The van der Waals surface area contributed by atoms with Crippen LogP contribution in [0.1, 0.15) is 0 Å². The molecule has 0 fully saturated rings. The molecule has 0 heterocycles. The van der Waals surface area contributed by atoms with E-state index in [9.17, 15) is 9.67 Å². The molecule has 1 rings (SSSR count). The van der Waals surface area contributed by atoms with E-state index in [4.69, 9.17) is 19.3 Å². The van der Waals surface area contributed by atoms with Crippen LogP contribution >= 0.6 is 8.25 Å².